The first-order valence-electron chi connectivity index (χ1n) is 8.61. The number of rotatable bonds is 5. The van der Waals surface area contributed by atoms with E-state index >= 15 is 0 Å². The van der Waals surface area contributed by atoms with Crippen molar-refractivity contribution in [2.45, 2.75) is 12.8 Å². The van der Waals surface area contributed by atoms with Gasteiger partial charge in [0, 0.05) is 6.42 Å². The number of carbonyl (C=O) groups excluding carboxylic acids is 1. The monoisotopic (exact) mass is 395 g/mol. The number of carbonyl (C=O) groups is 1. The van der Waals surface area contributed by atoms with Gasteiger partial charge in [-0.25, -0.2) is 23.9 Å². The zero-order valence-electron chi connectivity index (χ0n) is 14.6. The van der Waals surface area contributed by atoms with Gasteiger partial charge in [0.05, 0.1) is 6.20 Å². The van der Waals surface area contributed by atoms with Crippen molar-refractivity contribution < 1.29 is 9.18 Å². The Morgan fingerprint density at radius 2 is 1.89 bits per heavy atom. The van der Waals surface area contributed by atoms with Crippen LogP contribution in [0.2, 0.25) is 5.15 Å². The lowest BCUT2D eigenvalue weighted by molar-refractivity contribution is -0.116. The summed E-state index contributed by atoms with van der Waals surface area (Å²) in [4.78, 5) is 25.3. The molecule has 28 heavy (non-hydrogen) atoms. The summed E-state index contributed by atoms with van der Waals surface area (Å²) in [5.41, 5.74) is 2.03. The summed E-state index contributed by atoms with van der Waals surface area (Å²) >= 11 is 6.02. The molecule has 0 aliphatic heterocycles. The molecule has 0 saturated carbocycles. The van der Waals surface area contributed by atoms with E-state index in [4.69, 9.17) is 11.6 Å². The van der Waals surface area contributed by atoms with E-state index in [1.165, 1.54) is 12.1 Å². The molecule has 4 rings (SSSR count). The van der Waals surface area contributed by atoms with Crippen LogP contribution in [-0.4, -0.2) is 25.4 Å². The minimum atomic E-state index is -0.465. The minimum Gasteiger partial charge on any atom is -0.296 e. The Morgan fingerprint density at radius 1 is 1.07 bits per heavy atom. The molecule has 0 aliphatic rings. The van der Waals surface area contributed by atoms with Crippen LogP contribution in [0.15, 0.2) is 60.8 Å². The third-order valence-corrected chi connectivity index (χ3v) is 4.36. The number of benzene rings is 1. The van der Waals surface area contributed by atoms with Crippen LogP contribution in [0, 0.1) is 5.82 Å². The van der Waals surface area contributed by atoms with Crippen LogP contribution in [0.4, 0.5) is 10.3 Å². The smallest absolute Gasteiger partial charge is 0.227 e. The number of hydrogen-bond acceptors (Lipinski definition) is 4. The van der Waals surface area contributed by atoms with Gasteiger partial charge < -0.3 is 0 Å². The highest BCUT2D eigenvalue weighted by Gasteiger charge is 2.17. The van der Waals surface area contributed by atoms with Crippen molar-refractivity contribution in [2.24, 2.45) is 0 Å². The van der Waals surface area contributed by atoms with Crippen molar-refractivity contribution in [3.8, 4) is 5.82 Å². The first-order valence-corrected chi connectivity index (χ1v) is 8.98. The molecule has 6 nitrogen and oxygen atoms in total. The SMILES string of the molecule is O=C(CCc1ccccc1)Nc1nc2ccc(Cl)nc2n1-c1ccc(F)cn1. The zero-order chi connectivity index (χ0) is 19.5. The van der Waals surface area contributed by atoms with Gasteiger partial charge in [0.2, 0.25) is 11.9 Å². The number of aryl methyl sites for hydroxylation is 1. The molecule has 3 aromatic heterocycles. The van der Waals surface area contributed by atoms with E-state index in [0.717, 1.165) is 11.8 Å². The van der Waals surface area contributed by atoms with Crippen molar-refractivity contribution in [2.75, 3.05) is 5.32 Å². The maximum absolute atomic E-state index is 13.3. The predicted molar refractivity (Wildman–Crippen MR) is 105 cm³/mol. The quantitative estimate of drug-likeness (QED) is 0.514. The second-order valence-corrected chi connectivity index (χ2v) is 6.50. The Morgan fingerprint density at radius 3 is 2.64 bits per heavy atom. The fourth-order valence-corrected chi connectivity index (χ4v) is 2.97. The highest BCUT2D eigenvalue weighted by Crippen LogP contribution is 2.24. The molecule has 0 atom stereocenters. The minimum absolute atomic E-state index is 0.200. The fraction of sp³-hybridized carbons (Fsp3) is 0.100. The molecule has 1 aromatic carbocycles. The molecule has 0 radical (unpaired) electrons. The molecule has 3 heterocycles. The van der Waals surface area contributed by atoms with Gasteiger partial charge in [0.15, 0.2) is 5.65 Å². The molecule has 140 valence electrons. The molecule has 0 spiro atoms. The van der Waals surface area contributed by atoms with Gasteiger partial charge in [-0.2, -0.15) is 0 Å². The largest absolute Gasteiger partial charge is 0.296 e. The van der Waals surface area contributed by atoms with Crippen LogP contribution in [0.25, 0.3) is 17.0 Å². The van der Waals surface area contributed by atoms with Gasteiger partial charge in [0.1, 0.15) is 22.3 Å². The molecular weight excluding hydrogens is 381 g/mol. The first kappa shape index (κ1) is 18.1. The number of hydrogen-bond donors (Lipinski definition) is 1. The number of pyridine rings is 2. The average Bonchev–Trinajstić information content (AvgIpc) is 3.05. The van der Waals surface area contributed by atoms with Crippen molar-refractivity contribution in [3.63, 3.8) is 0 Å². The Hall–Kier alpha value is -3.32. The van der Waals surface area contributed by atoms with Crippen LogP contribution in [0.5, 0.6) is 0 Å². The second-order valence-electron chi connectivity index (χ2n) is 6.12. The third kappa shape index (κ3) is 3.84. The third-order valence-electron chi connectivity index (χ3n) is 4.15. The maximum Gasteiger partial charge on any atom is 0.227 e. The molecule has 4 aromatic rings. The Bertz CT molecular complexity index is 1130. The predicted octanol–water partition coefficient (Wildman–Crippen LogP) is 4.18. The summed E-state index contributed by atoms with van der Waals surface area (Å²) in [5, 5.41) is 3.07. The van der Waals surface area contributed by atoms with Gasteiger partial charge in [0.25, 0.3) is 0 Å². The topological polar surface area (TPSA) is 72.7 Å². The van der Waals surface area contributed by atoms with Crippen LogP contribution >= 0.6 is 11.6 Å². The Balaban J connectivity index is 1.65. The Kier molecular flexibility index (Phi) is 4.99. The summed E-state index contributed by atoms with van der Waals surface area (Å²) in [5.74, 6) is -0.0415. The van der Waals surface area contributed by atoms with Crippen molar-refractivity contribution >= 4 is 34.6 Å². The molecular formula is C20H15ClFN5O. The fourth-order valence-electron chi connectivity index (χ4n) is 2.83. The van der Waals surface area contributed by atoms with Crippen molar-refractivity contribution in [1.82, 2.24) is 19.5 Å². The molecule has 1 amide bonds. The van der Waals surface area contributed by atoms with E-state index < -0.39 is 5.82 Å². The number of nitrogens with one attached hydrogen (secondary N) is 1. The normalized spacial score (nSPS) is 10.9. The van der Waals surface area contributed by atoms with Crippen LogP contribution in [0.3, 0.4) is 0 Å². The summed E-state index contributed by atoms with van der Waals surface area (Å²) in [6.07, 6.45) is 1.98. The molecule has 1 N–H and O–H groups in total. The van der Waals surface area contributed by atoms with Gasteiger partial charge >= 0.3 is 0 Å². The molecule has 0 fully saturated rings. The van der Waals surface area contributed by atoms with Crippen molar-refractivity contribution in [3.05, 3.63) is 77.3 Å². The lowest BCUT2D eigenvalue weighted by Crippen LogP contribution is -2.16. The van der Waals surface area contributed by atoms with E-state index in [2.05, 4.69) is 20.3 Å². The number of anilines is 1. The second kappa shape index (κ2) is 7.74. The molecule has 0 bridgehead atoms. The zero-order valence-corrected chi connectivity index (χ0v) is 15.4. The summed E-state index contributed by atoms with van der Waals surface area (Å²) in [6.45, 7) is 0. The first-order chi connectivity index (χ1) is 13.6. The van der Waals surface area contributed by atoms with Crippen molar-refractivity contribution in [1.29, 1.82) is 0 Å². The van der Waals surface area contributed by atoms with E-state index in [0.29, 0.717) is 23.4 Å². The summed E-state index contributed by atoms with van der Waals surface area (Å²) in [7, 11) is 0. The Labute approximate surface area is 165 Å². The van der Waals surface area contributed by atoms with Gasteiger partial charge in [-0.3, -0.25) is 10.1 Å². The molecule has 0 unspecified atom stereocenters. The lowest BCUT2D eigenvalue weighted by atomic mass is 10.1. The molecule has 0 saturated heterocycles. The van der Waals surface area contributed by atoms with Gasteiger partial charge in [-0.05, 0) is 36.2 Å². The molecule has 0 aliphatic carbocycles. The number of imidazole rings is 1. The van der Waals surface area contributed by atoms with E-state index in [1.807, 2.05) is 30.3 Å². The van der Waals surface area contributed by atoms with Gasteiger partial charge in [-0.15, -0.1) is 0 Å². The summed E-state index contributed by atoms with van der Waals surface area (Å²) in [6, 6.07) is 15.8. The van der Waals surface area contributed by atoms with E-state index in [-0.39, 0.29) is 23.4 Å². The number of nitrogens with zero attached hydrogens (tertiary/aromatic N) is 4. The number of aromatic nitrogens is 4. The van der Waals surface area contributed by atoms with Crippen LogP contribution < -0.4 is 5.32 Å². The number of amides is 1. The van der Waals surface area contributed by atoms with Crippen LogP contribution in [0.1, 0.15) is 12.0 Å². The molecule has 8 heteroatoms. The standard InChI is InChI=1S/C20H15ClFN5O/c21-16-9-8-15-19(25-16)27(17-10-7-14(22)12-23-17)20(24-15)26-18(28)11-6-13-4-2-1-3-5-13/h1-5,7-10,12H,6,11H2,(H,24,26,28). The maximum atomic E-state index is 13.3. The highest BCUT2D eigenvalue weighted by atomic mass is 35.5. The summed E-state index contributed by atoms with van der Waals surface area (Å²) < 4.78 is 14.8. The van der Waals surface area contributed by atoms with E-state index in [9.17, 15) is 9.18 Å². The number of fused-ring (bicyclic) bond motifs is 1. The lowest BCUT2D eigenvalue weighted by Gasteiger charge is -2.09. The highest BCUT2D eigenvalue weighted by molar-refractivity contribution is 6.29. The number of halogens is 2. The van der Waals surface area contributed by atoms with Crippen LogP contribution in [-0.2, 0) is 11.2 Å². The van der Waals surface area contributed by atoms with Gasteiger partial charge in [-0.1, -0.05) is 41.9 Å². The van der Waals surface area contributed by atoms with E-state index in [1.54, 1.807) is 16.7 Å². The average molecular weight is 396 g/mol.